The van der Waals surface area contributed by atoms with Crippen LogP contribution in [-0.2, 0) is 33.3 Å². The van der Waals surface area contributed by atoms with E-state index in [0.29, 0.717) is 22.5 Å². The molecule has 0 spiro atoms. The van der Waals surface area contributed by atoms with E-state index in [1.54, 1.807) is 48.5 Å². The Morgan fingerprint density at radius 1 is 0.438 bits per heavy atom. The summed E-state index contributed by atoms with van der Waals surface area (Å²) in [6.45, 7) is 9.96. The summed E-state index contributed by atoms with van der Waals surface area (Å²) in [5, 5.41) is 5.87. The van der Waals surface area contributed by atoms with Crippen LogP contribution >= 0.6 is 0 Å². The molecule has 0 aliphatic heterocycles. The average Bonchev–Trinajstić information content (AvgIpc) is 3.28. The van der Waals surface area contributed by atoms with Gasteiger partial charge < -0.3 is 19.7 Å². The highest BCUT2D eigenvalue weighted by atomic mass is 32.2. The molecule has 330 valence electrons. The van der Waals surface area contributed by atoms with Gasteiger partial charge in [-0.05, 0) is 109 Å². The number of carbonyl (C=O) groups excluding carboxylic acids is 2. The van der Waals surface area contributed by atoms with Crippen molar-refractivity contribution in [3.8, 4) is 22.3 Å². The Kier molecular flexibility index (Phi) is 16.9. The molecule has 7 rings (SSSR count). The zero-order valence-corrected chi connectivity index (χ0v) is 37.6. The molecule has 7 aromatic rings. The molecule has 0 aliphatic carbocycles. The zero-order chi connectivity index (χ0) is 46.3. The smallest absolute Gasteiger partial charge is 0.255 e. The fraction of sp³-hybridized carbons (Fsp3) is 0.160. The first kappa shape index (κ1) is 48.2. The Hall–Kier alpha value is -6.84. The van der Waals surface area contributed by atoms with Gasteiger partial charge in [0.2, 0.25) is 0 Å². The van der Waals surface area contributed by atoms with Gasteiger partial charge in [0, 0.05) is 59.6 Å². The highest BCUT2D eigenvalue weighted by molar-refractivity contribution is 7.86. The second-order valence-corrected chi connectivity index (χ2v) is 17.6. The first-order chi connectivity index (χ1) is 30.5. The van der Waals surface area contributed by atoms with Crippen molar-refractivity contribution >= 4 is 43.4 Å². The lowest BCUT2D eigenvalue weighted by Gasteiger charge is -2.09. The van der Waals surface area contributed by atoms with Crippen LogP contribution in [-0.4, -0.2) is 37.8 Å². The minimum absolute atomic E-state index is 0.178. The van der Waals surface area contributed by atoms with Gasteiger partial charge >= 0.3 is 0 Å². The summed E-state index contributed by atoms with van der Waals surface area (Å²) < 4.78 is 66.7. The standard InChI is InChI=1S/C36H34N4O2.2C7H8O3S/c1-3-21-39-23-17-29(18-24-39)27-9-13-33(14-10-27)37-35(41)31-5-7-32(8-6-31)36(42)38-34-15-11-28(12-16-34)30-19-25-40(22-4-2)26-20-30;2*1-6-2-4-7(5-3-6)11(8,9)10/h5-20,23-26H,3-4,21-22H2,1-2H3;2*2-5H,1H3,(H,8,9,10). The lowest BCUT2D eigenvalue weighted by atomic mass is 10.1. The number of carbonyl (C=O) groups is 2. The monoisotopic (exact) mass is 898 g/mol. The van der Waals surface area contributed by atoms with Crippen LogP contribution in [0.15, 0.2) is 180 Å². The first-order valence-corrected chi connectivity index (χ1v) is 23.3. The van der Waals surface area contributed by atoms with Crippen LogP contribution < -0.4 is 19.8 Å². The van der Waals surface area contributed by atoms with Crippen LogP contribution in [0.1, 0.15) is 58.5 Å². The summed E-state index contributed by atoms with van der Waals surface area (Å²) in [7, 11) is -8.54. The van der Waals surface area contributed by atoms with Crippen LogP contribution in [0.3, 0.4) is 0 Å². The summed E-state index contributed by atoms with van der Waals surface area (Å²) in [6, 6.07) is 42.2. The molecule has 2 heterocycles. The van der Waals surface area contributed by atoms with Crippen molar-refractivity contribution in [3.63, 3.8) is 0 Å². The van der Waals surface area contributed by atoms with Crippen LogP contribution in [0.5, 0.6) is 0 Å². The molecule has 0 aliphatic rings. The van der Waals surface area contributed by atoms with E-state index in [9.17, 15) is 35.5 Å². The molecule has 12 nitrogen and oxygen atoms in total. The second kappa shape index (κ2) is 22.5. The Balaban J connectivity index is 0.000000284. The number of aromatic nitrogens is 2. The fourth-order valence-electron chi connectivity index (χ4n) is 6.20. The van der Waals surface area contributed by atoms with Crippen molar-refractivity contribution in [2.24, 2.45) is 0 Å². The van der Waals surface area contributed by atoms with Gasteiger partial charge in [-0.25, -0.2) is 26.0 Å². The molecule has 0 saturated heterocycles. The molecule has 0 unspecified atom stereocenters. The number of pyridine rings is 2. The first-order valence-electron chi connectivity index (χ1n) is 20.5. The van der Waals surface area contributed by atoms with Crippen LogP contribution in [0.4, 0.5) is 11.4 Å². The van der Waals surface area contributed by atoms with Crippen molar-refractivity contribution < 1.29 is 44.7 Å². The minimum Gasteiger partial charge on any atom is -0.744 e. The van der Waals surface area contributed by atoms with Gasteiger partial charge in [0.25, 0.3) is 11.8 Å². The predicted octanol–water partition coefficient (Wildman–Crippen LogP) is 8.72. The average molecular weight is 899 g/mol. The van der Waals surface area contributed by atoms with Gasteiger partial charge in [-0.15, -0.1) is 0 Å². The quantitative estimate of drug-likeness (QED) is 0.0903. The number of benzene rings is 5. The third kappa shape index (κ3) is 14.6. The largest absolute Gasteiger partial charge is 0.744 e. The number of anilines is 2. The molecular weight excluding hydrogens is 849 g/mol. The minimum atomic E-state index is -4.27. The van der Waals surface area contributed by atoms with Gasteiger partial charge in [0.15, 0.2) is 24.8 Å². The van der Waals surface area contributed by atoms with Crippen LogP contribution in [0.25, 0.3) is 22.3 Å². The normalized spacial score (nSPS) is 11.0. The highest BCUT2D eigenvalue weighted by Gasteiger charge is 2.11. The molecule has 2 amide bonds. The fourth-order valence-corrected chi connectivity index (χ4v) is 7.13. The second-order valence-electron chi connectivity index (χ2n) is 14.8. The maximum Gasteiger partial charge on any atom is 0.255 e. The summed E-state index contributed by atoms with van der Waals surface area (Å²) >= 11 is 0. The van der Waals surface area contributed by atoms with E-state index >= 15 is 0 Å². The van der Waals surface area contributed by atoms with Gasteiger partial charge in [-0.1, -0.05) is 73.5 Å². The number of hydrogen-bond acceptors (Lipinski definition) is 8. The number of aryl methyl sites for hydroxylation is 4. The third-order valence-corrected chi connectivity index (χ3v) is 11.4. The Bertz CT molecular complexity index is 2640. The summed E-state index contributed by atoms with van der Waals surface area (Å²) in [6.07, 6.45) is 10.5. The zero-order valence-electron chi connectivity index (χ0n) is 36.0. The number of nitrogens with one attached hydrogen (secondary N) is 2. The van der Waals surface area contributed by atoms with Gasteiger partial charge in [-0.2, -0.15) is 0 Å². The van der Waals surface area contributed by atoms with Crippen molar-refractivity contribution in [2.75, 3.05) is 10.6 Å². The predicted molar refractivity (Wildman–Crippen MR) is 245 cm³/mol. The van der Waals surface area contributed by atoms with Gasteiger partial charge in [-0.3, -0.25) is 9.59 Å². The number of nitrogens with zero attached hydrogens (tertiary/aromatic N) is 2. The number of rotatable bonds is 12. The molecule has 64 heavy (non-hydrogen) atoms. The lowest BCUT2D eigenvalue weighted by molar-refractivity contribution is -0.697. The van der Waals surface area contributed by atoms with Crippen molar-refractivity contribution in [1.29, 1.82) is 0 Å². The van der Waals surface area contributed by atoms with E-state index in [1.165, 1.54) is 24.3 Å². The lowest BCUT2D eigenvalue weighted by Crippen LogP contribution is -2.31. The molecule has 0 radical (unpaired) electrons. The van der Waals surface area contributed by atoms with E-state index in [4.69, 9.17) is 0 Å². The Labute approximate surface area is 375 Å². The summed E-state index contributed by atoms with van der Waals surface area (Å²) in [4.78, 5) is 25.3. The molecule has 5 aromatic carbocycles. The molecule has 2 aromatic heterocycles. The highest BCUT2D eigenvalue weighted by Crippen LogP contribution is 2.23. The molecule has 0 bridgehead atoms. The maximum atomic E-state index is 12.8. The van der Waals surface area contributed by atoms with Crippen molar-refractivity contribution in [1.82, 2.24) is 0 Å². The van der Waals surface area contributed by atoms with Gasteiger partial charge in [0.05, 0.1) is 9.79 Å². The van der Waals surface area contributed by atoms with E-state index in [0.717, 1.165) is 59.3 Å². The molecule has 0 saturated carbocycles. The van der Waals surface area contributed by atoms with Crippen LogP contribution in [0, 0.1) is 13.8 Å². The summed E-state index contributed by atoms with van der Waals surface area (Å²) in [5.74, 6) is -0.460. The number of hydrogen-bond donors (Lipinski definition) is 2. The van der Waals surface area contributed by atoms with Crippen molar-refractivity contribution in [2.45, 2.75) is 63.4 Å². The van der Waals surface area contributed by atoms with Crippen molar-refractivity contribution in [3.05, 3.63) is 193 Å². The van der Waals surface area contributed by atoms with E-state index < -0.39 is 20.2 Å². The molecule has 14 heteroatoms. The van der Waals surface area contributed by atoms with E-state index in [2.05, 4.69) is 82.7 Å². The van der Waals surface area contributed by atoms with Crippen LogP contribution in [0.2, 0.25) is 0 Å². The molecule has 2 N–H and O–H groups in total. The van der Waals surface area contributed by atoms with E-state index in [-0.39, 0.29) is 21.6 Å². The number of amides is 2. The Morgan fingerprint density at radius 2 is 0.719 bits per heavy atom. The molecule has 0 atom stereocenters. The third-order valence-electron chi connectivity index (χ3n) is 9.73. The van der Waals surface area contributed by atoms with Gasteiger partial charge in [0.1, 0.15) is 33.3 Å². The SMILES string of the molecule is CCC[n+]1ccc(-c2ccc(NC(=O)c3ccc(C(=O)Nc4ccc(-c5cc[n+](CCC)cc5)cc4)cc3)cc2)cc1.Cc1ccc(S(=O)(=O)[O-])cc1.Cc1ccc(S(=O)(=O)[O-])cc1. The summed E-state index contributed by atoms with van der Waals surface area (Å²) in [5.41, 5.74) is 8.66. The van der Waals surface area contributed by atoms with E-state index in [1.807, 2.05) is 62.4 Å². The maximum absolute atomic E-state index is 12.8. The Morgan fingerprint density at radius 3 is 0.984 bits per heavy atom. The topological polar surface area (TPSA) is 180 Å². The molecule has 0 fully saturated rings. The molecular formula is C50H50N4O8S2.